The third kappa shape index (κ3) is 3.33. The Balaban J connectivity index is 2.65. The number of ether oxygens (including phenoxy) is 1. The van der Waals surface area contributed by atoms with Crippen molar-refractivity contribution in [3.8, 4) is 0 Å². The number of rotatable bonds is 1. The van der Waals surface area contributed by atoms with E-state index in [2.05, 4.69) is 5.32 Å². The van der Waals surface area contributed by atoms with Crippen molar-refractivity contribution in [2.24, 2.45) is 0 Å². The van der Waals surface area contributed by atoms with Gasteiger partial charge in [-0.1, -0.05) is 12.2 Å². The lowest BCUT2D eigenvalue weighted by molar-refractivity contribution is 0.0266. The van der Waals surface area contributed by atoms with Crippen LogP contribution < -0.4 is 5.32 Å². The predicted molar refractivity (Wildman–Crippen MR) is 67.6 cm³/mol. The molecule has 1 rings (SSSR count). The molecule has 1 aliphatic heterocycles. The molecule has 1 heterocycles. The van der Waals surface area contributed by atoms with E-state index in [4.69, 9.17) is 17.0 Å². The van der Waals surface area contributed by atoms with Gasteiger partial charge < -0.3 is 10.1 Å². The Hall–Kier alpha value is -0.840. The Kier molecular flexibility index (Phi) is 4.13. The van der Waals surface area contributed by atoms with E-state index in [9.17, 15) is 4.79 Å². The van der Waals surface area contributed by atoms with Crippen LogP contribution in [0.2, 0.25) is 0 Å². The van der Waals surface area contributed by atoms with E-state index in [1.165, 1.54) is 0 Å². The van der Waals surface area contributed by atoms with E-state index < -0.39 is 5.60 Å². The van der Waals surface area contributed by atoms with Gasteiger partial charge in [0, 0.05) is 13.6 Å². The van der Waals surface area contributed by atoms with Gasteiger partial charge in [-0.25, -0.2) is 4.79 Å². The summed E-state index contributed by atoms with van der Waals surface area (Å²) in [5, 5.41) is 2.94. The Labute approximate surface area is 102 Å². The summed E-state index contributed by atoms with van der Waals surface area (Å²) in [7, 11) is 1.79. The Bertz CT molecular complexity index is 286. The van der Waals surface area contributed by atoms with Gasteiger partial charge in [0.2, 0.25) is 0 Å². The Morgan fingerprint density at radius 3 is 2.62 bits per heavy atom. The number of carbonyl (C=O) groups is 1. The van der Waals surface area contributed by atoms with Gasteiger partial charge in [-0.2, -0.15) is 0 Å². The second-order valence-corrected chi connectivity index (χ2v) is 5.39. The zero-order chi connectivity index (χ0) is 12.3. The van der Waals surface area contributed by atoms with Crippen molar-refractivity contribution in [3.05, 3.63) is 0 Å². The molecule has 4 nitrogen and oxygen atoms in total. The molecule has 1 unspecified atom stereocenters. The van der Waals surface area contributed by atoms with E-state index in [-0.39, 0.29) is 12.1 Å². The molecular formula is C11H20N2O2S. The number of nitrogens with one attached hydrogen (secondary N) is 1. The number of likely N-dealkylation sites (tertiary alicyclic amines) is 1. The highest BCUT2D eigenvalue weighted by Gasteiger charge is 2.34. The average molecular weight is 244 g/mol. The quantitative estimate of drug-likeness (QED) is 0.716. The fourth-order valence-electron chi connectivity index (χ4n) is 1.74. The molecule has 1 fully saturated rings. The Morgan fingerprint density at radius 2 is 2.12 bits per heavy atom. The van der Waals surface area contributed by atoms with Crippen LogP contribution in [-0.2, 0) is 4.74 Å². The van der Waals surface area contributed by atoms with Crippen molar-refractivity contribution in [2.45, 2.75) is 45.3 Å². The molecular weight excluding hydrogens is 224 g/mol. The molecule has 1 saturated heterocycles. The second kappa shape index (κ2) is 4.99. The highest BCUT2D eigenvalue weighted by molar-refractivity contribution is 7.80. The summed E-state index contributed by atoms with van der Waals surface area (Å²) in [4.78, 5) is 14.3. The summed E-state index contributed by atoms with van der Waals surface area (Å²) in [6.07, 6.45) is 1.62. The predicted octanol–water partition coefficient (Wildman–Crippen LogP) is 1.93. The molecule has 92 valence electrons. The van der Waals surface area contributed by atoms with Gasteiger partial charge in [0.1, 0.15) is 5.60 Å². The van der Waals surface area contributed by atoms with Crippen molar-refractivity contribution < 1.29 is 9.53 Å². The number of hydrogen-bond donors (Lipinski definition) is 1. The molecule has 0 aromatic heterocycles. The van der Waals surface area contributed by atoms with E-state index in [1.807, 2.05) is 20.8 Å². The highest BCUT2D eigenvalue weighted by atomic mass is 32.1. The van der Waals surface area contributed by atoms with Gasteiger partial charge in [0.25, 0.3) is 0 Å². The van der Waals surface area contributed by atoms with Gasteiger partial charge in [-0.05, 0) is 33.6 Å². The van der Waals surface area contributed by atoms with E-state index in [0.717, 1.165) is 19.4 Å². The first-order valence-electron chi connectivity index (χ1n) is 5.56. The lowest BCUT2D eigenvalue weighted by Crippen LogP contribution is -2.46. The maximum Gasteiger partial charge on any atom is 0.410 e. The maximum absolute atomic E-state index is 11.9. The smallest absolute Gasteiger partial charge is 0.410 e. The maximum atomic E-state index is 11.9. The van der Waals surface area contributed by atoms with Crippen LogP contribution in [0.25, 0.3) is 0 Å². The lowest BCUT2D eigenvalue weighted by atomic mass is 10.2. The first-order valence-corrected chi connectivity index (χ1v) is 5.97. The molecule has 1 N–H and O–H groups in total. The molecule has 0 spiro atoms. The second-order valence-electron chi connectivity index (χ2n) is 4.95. The van der Waals surface area contributed by atoms with Gasteiger partial charge in [0.15, 0.2) is 0 Å². The van der Waals surface area contributed by atoms with Crippen LogP contribution in [0.15, 0.2) is 0 Å². The molecule has 16 heavy (non-hydrogen) atoms. The van der Waals surface area contributed by atoms with E-state index in [1.54, 1.807) is 11.9 Å². The normalized spacial score (nSPS) is 20.8. The van der Waals surface area contributed by atoms with Crippen LogP contribution in [0.3, 0.4) is 0 Å². The van der Waals surface area contributed by atoms with Crippen LogP contribution in [-0.4, -0.2) is 41.2 Å². The van der Waals surface area contributed by atoms with Crippen molar-refractivity contribution in [2.75, 3.05) is 13.6 Å². The standard InChI is InChI=1S/C11H20N2O2S/c1-11(2,3)15-10(14)13-7-5-6-8(13)9(16)12-4/h8H,5-7H2,1-4H3,(H,12,16). The van der Waals surface area contributed by atoms with Gasteiger partial charge in [-0.15, -0.1) is 0 Å². The Morgan fingerprint density at radius 1 is 1.50 bits per heavy atom. The van der Waals surface area contributed by atoms with Gasteiger partial charge >= 0.3 is 6.09 Å². The van der Waals surface area contributed by atoms with Crippen molar-refractivity contribution in [1.29, 1.82) is 0 Å². The largest absolute Gasteiger partial charge is 0.444 e. The summed E-state index contributed by atoms with van der Waals surface area (Å²) in [5.74, 6) is 0. The summed E-state index contributed by atoms with van der Waals surface area (Å²) in [6.45, 7) is 6.33. The zero-order valence-corrected chi connectivity index (χ0v) is 11.2. The van der Waals surface area contributed by atoms with Crippen LogP contribution in [0.5, 0.6) is 0 Å². The first kappa shape index (κ1) is 13.2. The third-order valence-electron chi connectivity index (χ3n) is 2.43. The molecule has 1 atom stereocenters. The first-order chi connectivity index (χ1) is 7.35. The average Bonchev–Trinajstić information content (AvgIpc) is 2.62. The minimum absolute atomic E-state index is 0.00477. The minimum atomic E-state index is -0.453. The molecule has 1 aliphatic rings. The minimum Gasteiger partial charge on any atom is -0.444 e. The summed E-state index contributed by atoms with van der Waals surface area (Å²) < 4.78 is 5.35. The number of hydrogen-bond acceptors (Lipinski definition) is 3. The van der Waals surface area contributed by atoms with Crippen LogP contribution in [0.1, 0.15) is 33.6 Å². The molecule has 0 aromatic rings. The number of carbonyl (C=O) groups excluding carboxylic acids is 1. The van der Waals surface area contributed by atoms with Crippen LogP contribution in [0, 0.1) is 0 Å². The fraction of sp³-hybridized carbons (Fsp3) is 0.818. The van der Waals surface area contributed by atoms with Crippen molar-refractivity contribution in [1.82, 2.24) is 10.2 Å². The van der Waals surface area contributed by atoms with Crippen LogP contribution in [0.4, 0.5) is 4.79 Å². The molecule has 0 saturated carbocycles. The molecule has 0 bridgehead atoms. The lowest BCUT2D eigenvalue weighted by Gasteiger charge is -2.28. The molecule has 0 radical (unpaired) electrons. The SMILES string of the molecule is CNC(=S)C1CCCN1C(=O)OC(C)(C)C. The number of nitrogens with zero attached hydrogens (tertiary/aromatic N) is 1. The fourth-order valence-corrected chi connectivity index (χ4v) is 1.99. The van der Waals surface area contributed by atoms with E-state index >= 15 is 0 Å². The van der Waals surface area contributed by atoms with Crippen molar-refractivity contribution >= 4 is 23.3 Å². The van der Waals surface area contributed by atoms with Gasteiger partial charge in [-0.3, -0.25) is 4.90 Å². The number of amides is 1. The third-order valence-corrected chi connectivity index (χ3v) is 2.91. The van der Waals surface area contributed by atoms with E-state index in [0.29, 0.717) is 4.99 Å². The molecule has 0 aromatic carbocycles. The van der Waals surface area contributed by atoms with Crippen LogP contribution >= 0.6 is 12.2 Å². The monoisotopic (exact) mass is 244 g/mol. The highest BCUT2D eigenvalue weighted by Crippen LogP contribution is 2.21. The molecule has 1 amide bonds. The summed E-state index contributed by atoms with van der Waals surface area (Å²) >= 11 is 5.19. The van der Waals surface area contributed by atoms with Crippen molar-refractivity contribution in [3.63, 3.8) is 0 Å². The molecule has 0 aliphatic carbocycles. The topological polar surface area (TPSA) is 41.6 Å². The number of likely N-dealkylation sites (N-methyl/N-ethyl adjacent to an activating group) is 1. The summed E-state index contributed by atoms with van der Waals surface area (Å²) in [5.41, 5.74) is -0.453. The zero-order valence-electron chi connectivity index (χ0n) is 10.4. The van der Waals surface area contributed by atoms with Gasteiger partial charge in [0.05, 0.1) is 11.0 Å². The molecule has 5 heteroatoms. The summed E-state index contributed by atoms with van der Waals surface area (Å²) in [6, 6.07) is -0.00477. The number of thiocarbonyl (C=S) groups is 1.